The summed E-state index contributed by atoms with van der Waals surface area (Å²) in [5, 5.41) is 18.1. The van der Waals surface area contributed by atoms with Crippen LogP contribution in [0.2, 0.25) is 0 Å². The van der Waals surface area contributed by atoms with Crippen LogP contribution in [0.3, 0.4) is 0 Å². The highest BCUT2D eigenvalue weighted by Crippen LogP contribution is 2.41. The molecule has 1 aliphatic rings. The molecule has 1 rings (SSSR count). The molecule has 2 heteroatoms. The third kappa shape index (κ3) is 3.08. The van der Waals surface area contributed by atoms with E-state index in [0.717, 1.165) is 6.42 Å². The number of aliphatic hydroxyl groups excluding tert-OH is 1. The fourth-order valence-electron chi connectivity index (χ4n) is 2.43. The van der Waals surface area contributed by atoms with Gasteiger partial charge in [0.15, 0.2) is 0 Å². The highest BCUT2D eigenvalue weighted by Gasteiger charge is 2.34. The second-order valence-corrected chi connectivity index (χ2v) is 5.02. The van der Waals surface area contributed by atoms with Crippen LogP contribution in [0.25, 0.3) is 0 Å². The van der Waals surface area contributed by atoms with Gasteiger partial charge in [-0.15, -0.1) is 0 Å². The summed E-state index contributed by atoms with van der Waals surface area (Å²) in [5.74, 6) is 0.333. The van der Waals surface area contributed by atoms with E-state index in [2.05, 4.69) is 19.9 Å². The molecule has 0 aromatic heterocycles. The van der Waals surface area contributed by atoms with Crippen molar-refractivity contribution >= 4 is 0 Å². The Hall–Kier alpha value is -1.33. The molecular formula is C14H19NO. The zero-order chi connectivity index (χ0) is 12.2. The minimum atomic E-state index is -0.325. The molecule has 0 fully saturated rings. The van der Waals surface area contributed by atoms with Gasteiger partial charge < -0.3 is 5.11 Å². The average molecular weight is 217 g/mol. The van der Waals surface area contributed by atoms with Gasteiger partial charge in [0, 0.05) is 12.0 Å². The van der Waals surface area contributed by atoms with E-state index in [0.29, 0.717) is 5.92 Å². The van der Waals surface area contributed by atoms with Gasteiger partial charge in [-0.05, 0) is 18.8 Å². The molecule has 0 unspecified atom stereocenters. The number of nitriles is 1. The minimum absolute atomic E-state index is 0.0647. The van der Waals surface area contributed by atoms with Crippen molar-refractivity contribution in [2.45, 2.75) is 33.3 Å². The largest absolute Gasteiger partial charge is 0.389 e. The Bertz CT molecular complexity index is 369. The first kappa shape index (κ1) is 12.7. The Morgan fingerprint density at radius 3 is 2.75 bits per heavy atom. The van der Waals surface area contributed by atoms with Gasteiger partial charge in [-0.2, -0.15) is 5.26 Å². The van der Waals surface area contributed by atoms with Crippen molar-refractivity contribution in [3.05, 3.63) is 36.0 Å². The number of allylic oxidation sites excluding steroid dienone is 5. The van der Waals surface area contributed by atoms with Crippen molar-refractivity contribution in [2.24, 2.45) is 11.3 Å². The maximum Gasteiger partial charge on any atom is 0.0912 e. The van der Waals surface area contributed by atoms with Crippen LogP contribution in [0, 0.1) is 22.7 Å². The predicted molar refractivity (Wildman–Crippen MR) is 65.5 cm³/mol. The van der Waals surface area contributed by atoms with Gasteiger partial charge in [-0.3, -0.25) is 0 Å². The summed E-state index contributed by atoms with van der Waals surface area (Å²) in [4.78, 5) is 0. The second-order valence-electron chi connectivity index (χ2n) is 5.02. The Morgan fingerprint density at radius 2 is 2.19 bits per heavy atom. The van der Waals surface area contributed by atoms with Crippen LogP contribution < -0.4 is 0 Å². The normalized spacial score (nSPS) is 29.3. The van der Waals surface area contributed by atoms with Crippen LogP contribution in [0.15, 0.2) is 36.0 Å². The molecule has 1 aliphatic carbocycles. The summed E-state index contributed by atoms with van der Waals surface area (Å²) in [7, 11) is 0. The quantitative estimate of drug-likeness (QED) is 0.439. The smallest absolute Gasteiger partial charge is 0.0912 e. The van der Waals surface area contributed by atoms with Crippen molar-refractivity contribution in [1.82, 2.24) is 0 Å². The van der Waals surface area contributed by atoms with E-state index in [4.69, 9.17) is 5.26 Å². The molecule has 0 bridgehead atoms. The minimum Gasteiger partial charge on any atom is -0.389 e. The summed E-state index contributed by atoms with van der Waals surface area (Å²) >= 11 is 0. The lowest BCUT2D eigenvalue weighted by Crippen LogP contribution is -2.32. The first-order valence-corrected chi connectivity index (χ1v) is 5.56. The Balaban J connectivity index is 2.85. The molecule has 1 N–H and O–H groups in total. The number of rotatable bonds is 2. The topological polar surface area (TPSA) is 44.0 Å². The van der Waals surface area contributed by atoms with E-state index in [1.54, 1.807) is 6.08 Å². The first-order valence-electron chi connectivity index (χ1n) is 5.56. The molecule has 0 aromatic carbocycles. The van der Waals surface area contributed by atoms with Crippen LogP contribution in [-0.4, -0.2) is 11.2 Å². The van der Waals surface area contributed by atoms with E-state index in [9.17, 15) is 5.11 Å². The Labute approximate surface area is 97.6 Å². The molecule has 0 aromatic rings. The number of aliphatic hydroxyl groups is 1. The molecule has 0 radical (unpaired) electrons. The molecule has 0 saturated carbocycles. The van der Waals surface area contributed by atoms with Gasteiger partial charge in [0.05, 0.1) is 12.2 Å². The van der Waals surface area contributed by atoms with E-state index in [1.165, 1.54) is 11.6 Å². The third-order valence-electron chi connectivity index (χ3n) is 3.11. The zero-order valence-electron chi connectivity index (χ0n) is 10.1. The van der Waals surface area contributed by atoms with Gasteiger partial charge in [-0.1, -0.05) is 43.7 Å². The molecule has 2 nitrogen and oxygen atoms in total. The van der Waals surface area contributed by atoms with Gasteiger partial charge >= 0.3 is 0 Å². The zero-order valence-corrected chi connectivity index (χ0v) is 10.1. The monoisotopic (exact) mass is 217 g/mol. The summed E-state index contributed by atoms with van der Waals surface area (Å²) in [5.41, 5.74) is 1.26. The van der Waals surface area contributed by atoms with Crippen molar-refractivity contribution in [1.29, 1.82) is 5.26 Å². The standard InChI is InChI=1S/C14H19NO/c1-11-9-12(16)10-14(2,3)13(11)7-5-4-6-8-15/h4-7,9,12-13,16H,10H2,1-3H3/t12-,13+/m0/s1. The molecule has 86 valence electrons. The lowest BCUT2D eigenvalue weighted by atomic mass is 9.68. The van der Waals surface area contributed by atoms with Gasteiger partial charge in [0.1, 0.15) is 0 Å². The fourth-order valence-corrected chi connectivity index (χ4v) is 2.43. The van der Waals surface area contributed by atoms with Crippen LogP contribution in [0.4, 0.5) is 0 Å². The van der Waals surface area contributed by atoms with E-state index in [-0.39, 0.29) is 11.5 Å². The molecule has 0 saturated heterocycles. The van der Waals surface area contributed by atoms with Gasteiger partial charge in [0.2, 0.25) is 0 Å². The lowest BCUT2D eigenvalue weighted by Gasteiger charge is -2.38. The third-order valence-corrected chi connectivity index (χ3v) is 3.11. The fraction of sp³-hybridized carbons (Fsp3) is 0.500. The van der Waals surface area contributed by atoms with Crippen molar-refractivity contribution in [2.75, 3.05) is 0 Å². The molecular weight excluding hydrogens is 198 g/mol. The van der Waals surface area contributed by atoms with Crippen molar-refractivity contribution < 1.29 is 5.11 Å². The van der Waals surface area contributed by atoms with Gasteiger partial charge in [0.25, 0.3) is 0 Å². The highest BCUT2D eigenvalue weighted by atomic mass is 16.3. The van der Waals surface area contributed by atoms with Crippen LogP contribution in [-0.2, 0) is 0 Å². The van der Waals surface area contributed by atoms with Crippen LogP contribution >= 0.6 is 0 Å². The van der Waals surface area contributed by atoms with E-state index < -0.39 is 0 Å². The highest BCUT2D eigenvalue weighted by molar-refractivity contribution is 5.23. The first-order chi connectivity index (χ1) is 7.47. The average Bonchev–Trinajstić information content (AvgIpc) is 2.14. The number of hydrogen-bond donors (Lipinski definition) is 1. The van der Waals surface area contributed by atoms with Crippen LogP contribution in [0.1, 0.15) is 27.2 Å². The molecule has 0 amide bonds. The summed E-state index contributed by atoms with van der Waals surface area (Å²) in [6.07, 6.45) is 9.59. The van der Waals surface area contributed by atoms with E-state index >= 15 is 0 Å². The number of hydrogen-bond acceptors (Lipinski definition) is 2. The summed E-state index contributed by atoms with van der Waals surface area (Å²) in [6.45, 7) is 6.37. The van der Waals surface area contributed by atoms with Crippen molar-refractivity contribution in [3.8, 4) is 6.07 Å². The molecule has 0 heterocycles. The SMILES string of the molecule is CC1=C[C@H](O)CC(C)(C)[C@@H]1C=CC=CC#N. The van der Waals surface area contributed by atoms with Crippen molar-refractivity contribution in [3.63, 3.8) is 0 Å². The molecule has 0 spiro atoms. The molecule has 16 heavy (non-hydrogen) atoms. The molecule has 2 atom stereocenters. The summed E-state index contributed by atoms with van der Waals surface area (Å²) < 4.78 is 0. The van der Waals surface area contributed by atoms with Crippen LogP contribution in [0.5, 0.6) is 0 Å². The summed E-state index contributed by atoms with van der Waals surface area (Å²) in [6, 6.07) is 1.96. The Morgan fingerprint density at radius 1 is 1.50 bits per heavy atom. The maximum atomic E-state index is 9.69. The second kappa shape index (κ2) is 5.14. The lowest BCUT2D eigenvalue weighted by molar-refractivity contribution is 0.117. The van der Waals surface area contributed by atoms with Gasteiger partial charge in [-0.25, -0.2) is 0 Å². The number of nitrogens with zero attached hydrogens (tertiary/aromatic N) is 1. The van der Waals surface area contributed by atoms with E-state index in [1.807, 2.05) is 25.1 Å². The maximum absolute atomic E-state index is 9.69. The predicted octanol–water partition coefficient (Wildman–Crippen LogP) is 2.98. The Kier molecular flexibility index (Phi) is 4.09. The molecule has 0 aliphatic heterocycles.